The number of nitrogens with one attached hydrogen (secondary N) is 1. The van der Waals surface area contributed by atoms with Crippen LogP contribution in [0.1, 0.15) is 16.7 Å². The summed E-state index contributed by atoms with van der Waals surface area (Å²) in [7, 11) is 1.68. The number of hydrogen-bond acceptors (Lipinski definition) is 6. The standard InChI is InChI=1S/C35H35Cl2N5O5/c1-3-15-42(35(47)38-19-24-11-13-28(36)29(37)16-24)39(2)33-21-40(20-26-9-6-8-25-7-4-5-10-27(25)26)34(46)30(41(33)22-43)17-23-12-14-31(44)32(45)18-23/h3-14,16,18,22,30,33,44-45H,1,15,17,19-21H2,2H3,(H,38,47)/t30-,33+/m0/s1. The highest BCUT2D eigenvalue weighted by atomic mass is 35.5. The molecule has 0 spiro atoms. The number of halogens is 2. The molecule has 1 aliphatic rings. The fourth-order valence-corrected chi connectivity index (χ4v) is 6.15. The minimum atomic E-state index is -0.975. The van der Waals surface area contributed by atoms with E-state index in [9.17, 15) is 24.6 Å². The summed E-state index contributed by atoms with van der Waals surface area (Å²) in [6, 6.07) is 21.8. The molecule has 0 radical (unpaired) electrons. The molecule has 47 heavy (non-hydrogen) atoms. The number of amides is 4. The van der Waals surface area contributed by atoms with Crippen LogP contribution in [0.25, 0.3) is 10.8 Å². The molecule has 244 valence electrons. The van der Waals surface area contributed by atoms with Gasteiger partial charge in [-0.3, -0.25) is 14.6 Å². The largest absolute Gasteiger partial charge is 0.504 e. The Morgan fingerprint density at radius 1 is 1.00 bits per heavy atom. The van der Waals surface area contributed by atoms with E-state index in [0.29, 0.717) is 22.0 Å². The molecule has 0 bridgehead atoms. The topological polar surface area (TPSA) is 117 Å². The van der Waals surface area contributed by atoms with E-state index >= 15 is 0 Å². The molecule has 4 amide bonds. The number of fused-ring (bicyclic) bond motifs is 1. The lowest BCUT2D eigenvalue weighted by molar-refractivity contribution is -0.166. The summed E-state index contributed by atoms with van der Waals surface area (Å²) in [6.45, 7) is 4.45. The maximum Gasteiger partial charge on any atom is 0.332 e. The van der Waals surface area contributed by atoms with E-state index in [1.54, 1.807) is 47.3 Å². The smallest absolute Gasteiger partial charge is 0.332 e. The highest BCUT2D eigenvalue weighted by molar-refractivity contribution is 6.42. The van der Waals surface area contributed by atoms with Crippen molar-refractivity contribution in [3.8, 4) is 11.5 Å². The van der Waals surface area contributed by atoms with Crippen molar-refractivity contribution in [3.63, 3.8) is 0 Å². The number of nitrogens with zero attached hydrogens (tertiary/aromatic N) is 4. The van der Waals surface area contributed by atoms with Crippen molar-refractivity contribution in [2.75, 3.05) is 20.1 Å². The van der Waals surface area contributed by atoms with Crippen molar-refractivity contribution in [3.05, 3.63) is 118 Å². The summed E-state index contributed by atoms with van der Waals surface area (Å²) in [5.74, 6) is -0.916. The molecule has 0 aromatic heterocycles. The maximum absolute atomic E-state index is 14.2. The van der Waals surface area contributed by atoms with Crippen LogP contribution in [0.5, 0.6) is 11.5 Å². The quantitative estimate of drug-likeness (QED) is 0.0832. The fraction of sp³-hybridized carbons (Fsp3) is 0.229. The van der Waals surface area contributed by atoms with Crippen LogP contribution in [-0.2, 0) is 29.1 Å². The van der Waals surface area contributed by atoms with Crippen LogP contribution in [0.15, 0.2) is 91.5 Å². The maximum atomic E-state index is 14.2. The summed E-state index contributed by atoms with van der Waals surface area (Å²) in [4.78, 5) is 43.6. The first-order chi connectivity index (χ1) is 22.6. The summed E-state index contributed by atoms with van der Waals surface area (Å²) < 4.78 is 0. The number of phenols is 2. The number of rotatable bonds is 11. The Morgan fingerprint density at radius 2 is 1.74 bits per heavy atom. The van der Waals surface area contributed by atoms with Crippen molar-refractivity contribution >= 4 is 52.3 Å². The Bertz CT molecular complexity index is 1800. The van der Waals surface area contributed by atoms with Gasteiger partial charge in [-0.2, -0.15) is 5.01 Å². The minimum absolute atomic E-state index is 0.0623. The number of likely N-dealkylation sites (N-methyl/N-ethyl adjacent to an activating group) is 1. The molecule has 0 saturated carbocycles. The van der Waals surface area contributed by atoms with E-state index < -0.39 is 18.2 Å². The first-order valence-corrected chi connectivity index (χ1v) is 15.7. The molecule has 0 unspecified atom stereocenters. The highest BCUT2D eigenvalue weighted by Crippen LogP contribution is 2.30. The second-order valence-electron chi connectivity index (χ2n) is 11.3. The molecule has 1 fully saturated rings. The molecule has 1 heterocycles. The van der Waals surface area contributed by atoms with Gasteiger partial charge in [-0.1, -0.05) is 83.9 Å². The van der Waals surface area contributed by atoms with E-state index in [1.165, 1.54) is 22.0 Å². The Kier molecular flexibility index (Phi) is 10.6. The number of phenolic OH excluding ortho intramolecular Hbond substituents is 2. The van der Waals surface area contributed by atoms with E-state index in [1.807, 2.05) is 42.5 Å². The lowest BCUT2D eigenvalue weighted by Gasteiger charge is -2.49. The van der Waals surface area contributed by atoms with Crippen LogP contribution in [0, 0.1) is 0 Å². The van der Waals surface area contributed by atoms with Gasteiger partial charge >= 0.3 is 6.03 Å². The Morgan fingerprint density at radius 3 is 2.47 bits per heavy atom. The van der Waals surface area contributed by atoms with Crippen LogP contribution >= 0.6 is 23.2 Å². The van der Waals surface area contributed by atoms with Crippen molar-refractivity contribution in [2.24, 2.45) is 0 Å². The van der Waals surface area contributed by atoms with Crippen molar-refractivity contribution in [1.29, 1.82) is 0 Å². The number of carbonyl (C=O) groups excluding carboxylic acids is 3. The molecular weight excluding hydrogens is 641 g/mol. The van der Waals surface area contributed by atoms with E-state index in [2.05, 4.69) is 11.9 Å². The fourth-order valence-electron chi connectivity index (χ4n) is 5.83. The normalized spacial score (nSPS) is 16.4. The van der Waals surface area contributed by atoms with Crippen molar-refractivity contribution in [1.82, 2.24) is 25.1 Å². The van der Waals surface area contributed by atoms with Crippen LogP contribution in [-0.4, -0.2) is 80.7 Å². The van der Waals surface area contributed by atoms with Gasteiger partial charge < -0.3 is 25.3 Å². The number of urea groups is 1. The molecule has 1 saturated heterocycles. The molecule has 12 heteroatoms. The third-order valence-corrected chi connectivity index (χ3v) is 9.03. The first kappa shape index (κ1) is 33.6. The van der Waals surface area contributed by atoms with E-state index in [4.69, 9.17) is 23.2 Å². The second kappa shape index (κ2) is 14.8. The van der Waals surface area contributed by atoms with Gasteiger partial charge in [0.05, 0.1) is 23.1 Å². The van der Waals surface area contributed by atoms with Crippen molar-refractivity contribution < 1.29 is 24.6 Å². The zero-order valence-electron chi connectivity index (χ0n) is 25.7. The number of aromatic hydroxyl groups is 2. The monoisotopic (exact) mass is 675 g/mol. The average Bonchev–Trinajstić information content (AvgIpc) is 3.07. The van der Waals surface area contributed by atoms with Gasteiger partial charge in [0, 0.05) is 26.6 Å². The Hall–Kier alpha value is -4.77. The third kappa shape index (κ3) is 7.46. The zero-order chi connectivity index (χ0) is 33.7. The van der Waals surface area contributed by atoms with Gasteiger partial charge in [-0.25, -0.2) is 4.79 Å². The number of benzene rings is 4. The molecular formula is C35H35Cl2N5O5. The molecule has 5 rings (SSSR count). The lowest BCUT2D eigenvalue weighted by Crippen LogP contribution is -2.69. The summed E-state index contributed by atoms with van der Waals surface area (Å²) >= 11 is 12.2. The van der Waals surface area contributed by atoms with Gasteiger partial charge in [0.2, 0.25) is 12.3 Å². The Balaban J connectivity index is 1.46. The number of hydrazine groups is 1. The van der Waals surface area contributed by atoms with Gasteiger partial charge in [0.25, 0.3) is 0 Å². The predicted molar refractivity (Wildman–Crippen MR) is 182 cm³/mol. The number of carbonyl (C=O) groups is 3. The highest BCUT2D eigenvalue weighted by Gasteiger charge is 2.43. The molecule has 0 aliphatic carbocycles. The van der Waals surface area contributed by atoms with E-state index in [0.717, 1.165) is 21.9 Å². The summed E-state index contributed by atoms with van der Waals surface area (Å²) in [5, 5.41) is 28.7. The van der Waals surface area contributed by atoms with Crippen LogP contribution in [0.3, 0.4) is 0 Å². The van der Waals surface area contributed by atoms with Crippen LogP contribution in [0.2, 0.25) is 10.0 Å². The van der Waals surface area contributed by atoms with Gasteiger partial charge in [-0.05, 0) is 51.7 Å². The Labute approximate surface area is 283 Å². The SMILES string of the molecule is C=CCN(C(=O)NCc1ccc(Cl)c(Cl)c1)N(C)[C@H]1CN(Cc2cccc3ccccc23)C(=O)[C@H](Cc2ccc(O)c(O)c2)N1C=O. The minimum Gasteiger partial charge on any atom is -0.504 e. The number of hydrogen-bond donors (Lipinski definition) is 3. The molecule has 10 nitrogen and oxygen atoms in total. The van der Waals surface area contributed by atoms with Crippen LogP contribution in [0.4, 0.5) is 4.79 Å². The first-order valence-electron chi connectivity index (χ1n) is 14.9. The lowest BCUT2D eigenvalue weighted by atomic mass is 9.98. The van der Waals surface area contributed by atoms with Crippen molar-refractivity contribution in [2.45, 2.75) is 31.7 Å². The molecule has 1 aliphatic heterocycles. The molecule has 3 N–H and O–H groups in total. The second-order valence-corrected chi connectivity index (χ2v) is 12.1. The van der Waals surface area contributed by atoms with Gasteiger partial charge in [0.1, 0.15) is 12.2 Å². The number of piperazine rings is 1. The zero-order valence-corrected chi connectivity index (χ0v) is 27.2. The summed E-state index contributed by atoms with van der Waals surface area (Å²) in [6.07, 6.45) is 1.48. The predicted octanol–water partition coefficient (Wildman–Crippen LogP) is 5.54. The van der Waals surface area contributed by atoms with Crippen LogP contribution < -0.4 is 5.32 Å². The average molecular weight is 677 g/mol. The summed E-state index contributed by atoms with van der Waals surface area (Å²) in [5.41, 5.74) is 2.21. The van der Waals surface area contributed by atoms with Gasteiger partial charge in [0.15, 0.2) is 11.5 Å². The third-order valence-electron chi connectivity index (χ3n) is 8.29. The molecule has 2 atom stereocenters. The van der Waals surface area contributed by atoms with E-state index in [-0.39, 0.29) is 50.0 Å². The molecule has 4 aromatic rings. The van der Waals surface area contributed by atoms with Gasteiger partial charge in [-0.15, -0.1) is 6.58 Å². The molecule has 4 aromatic carbocycles.